The van der Waals surface area contributed by atoms with E-state index in [9.17, 15) is 4.79 Å². The van der Waals surface area contributed by atoms with E-state index in [1.165, 1.54) is 11.3 Å². The highest BCUT2D eigenvalue weighted by molar-refractivity contribution is 7.12. The molecule has 1 amide bonds. The zero-order valence-electron chi connectivity index (χ0n) is 13.3. The number of fused-ring (bicyclic) bond motifs is 1. The normalized spacial score (nSPS) is 26.3. The summed E-state index contributed by atoms with van der Waals surface area (Å²) in [5, 5.41) is 1.94. The second kappa shape index (κ2) is 7.01. The van der Waals surface area contributed by atoms with Crippen molar-refractivity contribution in [1.29, 1.82) is 0 Å². The molecule has 6 heteroatoms. The van der Waals surface area contributed by atoms with Gasteiger partial charge in [-0.3, -0.25) is 9.78 Å². The van der Waals surface area contributed by atoms with E-state index in [-0.39, 0.29) is 24.2 Å². The standard InChI is InChI=1S/C18H20N2O3S/c21-18(16-2-1-11-24-16)20-9-10-22-17-14(20)3-4-15(17)23-12-13-5-7-19-8-6-13/h1-2,5-8,11,14-15,17H,3-4,9-10,12H2/t14-,15+,17+/m0/s1. The molecule has 126 valence electrons. The van der Waals surface area contributed by atoms with Gasteiger partial charge in [-0.2, -0.15) is 0 Å². The molecule has 0 spiro atoms. The lowest BCUT2D eigenvalue weighted by Gasteiger charge is -2.38. The average molecular weight is 344 g/mol. The molecule has 0 bridgehead atoms. The van der Waals surface area contributed by atoms with Gasteiger partial charge in [0.05, 0.1) is 30.2 Å². The Labute approximate surface area is 145 Å². The molecule has 0 aromatic carbocycles. The average Bonchev–Trinajstić information content (AvgIpc) is 3.30. The van der Waals surface area contributed by atoms with Crippen molar-refractivity contribution in [2.75, 3.05) is 13.2 Å². The van der Waals surface area contributed by atoms with Crippen LogP contribution in [-0.2, 0) is 16.1 Å². The molecule has 2 aliphatic rings. The highest BCUT2D eigenvalue weighted by atomic mass is 32.1. The summed E-state index contributed by atoms with van der Waals surface area (Å²) in [4.78, 5) is 19.5. The maximum Gasteiger partial charge on any atom is 0.264 e. The Morgan fingerprint density at radius 2 is 2.21 bits per heavy atom. The minimum Gasteiger partial charge on any atom is -0.372 e. The first-order chi connectivity index (χ1) is 11.8. The third-order valence-electron chi connectivity index (χ3n) is 4.74. The van der Waals surface area contributed by atoms with Gasteiger partial charge in [-0.25, -0.2) is 0 Å². The molecule has 0 radical (unpaired) electrons. The summed E-state index contributed by atoms with van der Waals surface area (Å²) >= 11 is 1.50. The predicted octanol–water partition coefficient (Wildman–Crippen LogP) is 2.73. The number of rotatable bonds is 4. The number of hydrogen-bond donors (Lipinski definition) is 0. The van der Waals surface area contributed by atoms with Crippen LogP contribution in [-0.4, -0.2) is 47.2 Å². The summed E-state index contributed by atoms with van der Waals surface area (Å²) in [6.07, 6.45) is 5.42. The molecule has 0 unspecified atom stereocenters. The Hall–Kier alpha value is -1.76. The zero-order valence-corrected chi connectivity index (χ0v) is 14.2. The van der Waals surface area contributed by atoms with Gasteiger partial charge in [0.25, 0.3) is 5.91 Å². The number of hydrogen-bond acceptors (Lipinski definition) is 5. The van der Waals surface area contributed by atoms with Crippen LogP contribution in [0.15, 0.2) is 42.0 Å². The van der Waals surface area contributed by atoms with Crippen molar-refractivity contribution in [2.24, 2.45) is 0 Å². The fraction of sp³-hybridized carbons (Fsp3) is 0.444. The lowest BCUT2D eigenvalue weighted by molar-refractivity contribution is -0.108. The monoisotopic (exact) mass is 344 g/mol. The molecule has 1 aliphatic carbocycles. The van der Waals surface area contributed by atoms with E-state index in [0.29, 0.717) is 19.8 Å². The molecule has 24 heavy (non-hydrogen) atoms. The van der Waals surface area contributed by atoms with Gasteiger partial charge < -0.3 is 14.4 Å². The van der Waals surface area contributed by atoms with Crippen LogP contribution in [0.5, 0.6) is 0 Å². The molecule has 4 rings (SSSR count). The van der Waals surface area contributed by atoms with E-state index in [1.54, 1.807) is 12.4 Å². The third-order valence-corrected chi connectivity index (χ3v) is 5.60. The Balaban J connectivity index is 1.42. The number of pyridine rings is 1. The van der Waals surface area contributed by atoms with Crippen LogP contribution in [0.1, 0.15) is 28.1 Å². The molecular formula is C18H20N2O3S. The number of morpholine rings is 1. The molecule has 1 aliphatic heterocycles. The second-order valence-corrected chi connectivity index (χ2v) is 7.11. The van der Waals surface area contributed by atoms with Crippen LogP contribution in [0, 0.1) is 0 Å². The molecule has 3 atom stereocenters. The van der Waals surface area contributed by atoms with E-state index in [0.717, 1.165) is 23.3 Å². The molecule has 2 fully saturated rings. The lowest BCUT2D eigenvalue weighted by atomic mass is 10.1. The summed E-state index contributed by atoms with van der Waals surface area (Å²) in [7, 11) is 0. The van der Waals surface area contributed by atoms with Crippen molar-refractivity contribution < 1.29 is 14.3 Å². The number of ether oxygens (including phenoxy) is 2. The molecule has 1 saturated carbocycles. The molecule has 2 aromatic heterocycles. The van der Waals surface area contributed by atoms with Crippen LogP contribution < -0.4 is 0 Å². The molecule has 2 aromatic rings. The SMILES string of the molecule is O=C(c1cccs1)N1CCO[C@H]2[C@H](OCc3ccncc3)CC[C@@H]21. The van der Waals surface area contributed by atoms with Gasteiger partial charge in [0.2, 0.25) is 0 Å². The minimum absolute atomic E-state index is 0.0236. The molecule has 5 nitrogen and oxygen atoms in total. The number of thiophene rings is 1. The number of carbonyl (C=O) groups is 1. The zero-order chi connectivity index (χ0) is 16.4. The first-order valence-electron chi connectivity index (χ1n) is 8.29. The van der Waals surface area contributed by atoms with Gasteiger partial charge in [-0.1, -0.05) is 6.07 Å². The van der Waals surface area contributed by atoms with Crippen LogP contribution in [0.4, 0.5) is 0 Å². The summed E-state index contributed by atoms with van der Waals surface area (Å²) < 4.78 is 12.1. The maximum absolute atomic E-state index is 12.7. The fourth-order valence-electron chi connectivity index (χ4n) is 3.57. The smallest absolute Gasteiger partial charge is 0.264 e. The van der Waals surface area contributed by atoms with Crippen molar-refractivity contribution in [3.05, 3.63) is 52.5 Å². The highest BCUT2D eigenvalue weighted by Gasteiger charge is 2.45. The molecule has 1 saturated heterocycles. The summed E-state index contributed by atoms with van der Waals surface area (Å²) in [5.41, 5.74) is 1.11. The molecule has 3 heterocycles. The van der Waals surface area contributed by atoms with E-state index in [2.05, 4.69) is 4.98 Å². The first-order valence-corrected chi connectivity index (χ1v) is 9.17. The van der Waals surface area contributed by atoms with Crippen molar-refractivity contribution in [2.45, 2.75) is 37.7 Å². The lowest BCUT2D eigenvalue weighted by Crippen LogP contribution is -2.53. The highest BCUT2D eigenvalue weighted by Crippen LogP contribution is 2.33. The Kier molecular flexibility index (Phi) is 4.60. The molecular weight excluding hydrogens is 324 g/mol. The van der Waals surface area contributed by atoms with Crippen LogP contribution in [0.3, 0.4) is 0 Å². The quantitative estimate of drug-likeness (QED) is 0.856. The van der Waals surface area contributed by atoms with Crippen molar-refractivity contribution in [3.63, 3.8) is 0 Å². The van der Waals surface area contributed by atoms with E-state index >= 15 is 0 Å². The third kappa shape index (κ3) is 3.09. The summed E-state index contributed by atoms with van der Waals surface area (Å²) in [6, 6.07) is 7.85. The van der Waals surface area contributed by atoms with E-state index in [4.69, 9.17) is 9.47 Å². The van der Waals surface area contributed by atoms with Gasteiger partial charge >= 0.3 is 0 Å². The van der Waals surface area contributed by atoms with Crippen molar-refractivity contribution >= 4 is 17.2 Å². The van der Waals surface area contributed by atoms with Gasteiger partial charge in [0.15, 0.2) is 0 Å². The Morgan fingerprint density at radius 3 is 3.00 bits per heavy atom. The van der Waals surface area contributed by atoms with E-state index < -0.39 is 0 Å². The maximum atomic E-state index is 12.7. The van der Waals surface area contributed by atoms with E-state index in [1.807, 2.05) is 34.5 Å². The number of carbonyl (C=O) groups excluding carboxylic acids is 1. The Morgan fingerprint density at radius 1 is 1.33 bits per heavy atom. The van der Waals surface area contributed by atoms with Crippen LogP contribution in [0.25, 0.3) is 0 Å². The fourth-order valence-corrected chi connectivity index (χ4v) is 4.25. The molecule has 0 N–H and O–H groups in total. The van der Waals surface area contributed by atoms with Gasteiger partial charge in [0, 0.05) is 18.9 Å². The summed E-state index contributed by atoms with van der Waals surface area (Å²) in [6.45, 7) is 1.79. The minimum atomic E-state index is -0.0236. The van der Waals surface area contributed by atoms with Crippen LogP contribution >= 0.6 is 11.3 Å². The van der Waals surface area contributed by atoms with Gasteiger partial charge in [-0.05, 0) is 42.0 Å². The first kappa shape index (κ1) is 15.7. The van der Waals surface area contributed by atoms with Gasteiger partial charge in [-0.15, -0.1) is 11.3 Å². The summed E-state index contributed by atoms with van der Waals surface area (Å²) in [5.74, 6) is 0.123. The second-order valence-electron chi connectivity index (χ2n) is 6.16. The number of amides is 1. The van der Waals surface area contributed by atoms with Crippen LogP contribution in [0.2, 0.25) is 0 Å². The van der Waals surface area contributed by atoms with Gasteiger partial charge in [0.1, 0.15) is 6.10 Å². The van der Waals surface area contributed by atoms with Crippen molar-refractivity contribution in [1.82, 2.24) is 9.88 Å². The predicted molar refractivity (Wildman–Crippen MR) is 90.9 cm³/mol. The van der Waals surface area contributed by atoms with Crippen molar-refractivity contribution in [3.8, 4) is 0 Å². The Bertz CT molecular complexity index is 677. The number of aromatic nitrogens is 1. The topological polar surface area (TPSA) is 51.7 Å². The largest absolute Gasteiger partial charge is 0.372 e. The number of nitrogens with zero attached hydrogens (tertiary/aromatic N) is 2.